The predicted octanol–water partition coefficient (Wildman–Crippen LogP) is 6.33. The van der Waals surface area contributed by atoms with Gasteiger partial charge >= 0.3 is 0 Å². The van der Waals surface area contributed by atoms with E-state index in [9.17, 15) is 18.0 Å². The van der Waals surface area contributed by atoms with Crippen LogP contribution in [0.4, 0.5) is 5.69 Å². The molecule has 0 unspecified atom stereocenters. The van der Waals surface area contributed by atoms with E-state index < -0.39 is 28.5 Å². The van der Waals surface area contributed by atoms with Gasteiger partial charge in [-0.1, -0.05) is 77.8 Å². The highest BCUT2D eigenvalue weighted by Crippen LogP contribution is 2.30. The minimum atomic E-state index is -4.24. The lowest BCUT2D eigenvalue weighted by Crippen LogP contribution is -2.54. The van der Waals surface area contributed by atoms with Crippen molar-refractivity contribution in [3.63, 3.8) is 0 Å². The Morgan fingerprint density at radius 2 is 1.54 bits per heavy atom. The molecule has 2 amide bonds. The van der Waals surface area contributed by atoms with E-state index >= 15 is 0 Å². The van der Waals surface area contributed by atoms with Gasteiger partial charge in [0.2, 0.25) is 11.8 Å². The van der Waals surface area contributed by atoms with Gasteiger partial charge in [0, 0.05) is 24.0 Å². The second-order valence-corrected chi connectivity index (χ2v) is 13.8. The number of methoxy groups -OCH3 is 1. The number of benzene rings is 4. The van der Waals surface area contributed by atoms with Crippen LogP contribution in [0, 0.1) is 13.8 Å². The maximum Gasteiger partial charge on any atom is 0.264 e. The summed E-state index contributed by atoms with van der Waals surface area (Å²) in [5.74, 6) is -0.311. The summed E-state index contributed by atoms with van der Waals surface area (Å²) in [6.45, 7) is 6.79. The van der Waals surface area contributed by atoms with E-state index in [-0.39, 0.29) is 35.5 Å². The van der Waals surface area contributed by atoms with Crippen LogP contribution >= 0.6 is 11.6 Å². The monoisotopic (exact) mass is 661 g/mol. The molecule has 242 valence electrons. The highest BCUT2D eigenvalue weighted by molar-refractivity contribution is 7.92. The molecule has 4 aromatic carbocycles. The normalized spacial score (nSPS) is 12.0. The number of carbonyl (C=O) groups excluding carboxylic acids is 2. The van der Waals surface area contributed by atoms with Gasteiger partial charge in [-0.15, -0.1) is 0 Å². The van der Waals surface area contributed by atoms with E-state index in [4.69, 9.17) is 16.3 Å². The van der Waals surface area contributed by atoms with Gasteiger partial charge in [0.05, 0.1) is 17.7 Å². The van der Waals surface area contributed by atoms with Crippen molar-refractivity contribution in [1.29, 1.82) is 0 Å². The van der Waals surface area contributed by atoms with E-state index in [0.717, 1.165) is 21.0 Å². The van der Waals surface area contributed by atoms with Crippen molar-refractivity contribution < 1.29 is 22.7 Å². The number of nitrogens with zero attached hydrogens (tertiary/aromatic N) is 2. The summed E-state index contributed by atoms with van der Waals surface area (Å²) in [7, 11) is -2.69. The lowest BCUT2D eigenvalue weighted by atomic mass is 10.0. The fourth-order valence-corrected chi connectivity index (χ4v) is 6.74. The molecular weight excluding hydrogens is 622 g/mol. The van der Waals surface area contributed by atoms with Gasteiger partial charge in [0.25, 0.3) is 10.0 Å². The first-order chi connectivity index (χ1) is 21.9. The van der Waals surface area contributed by atoms with Crippen molar-refractivity contribution in [2.24, 2.45) is 0 Å². The molecule has 0 aliphatic rings. The van der Waals surface area contributed by atoms with Crippen molar-refractivity contribution in [2.45, 2.75) is 57.6 Å². The highest BCUT2D eigenvalue weighted by atomic mass is 35.5. The average molecular weight is 662 g/mol. The van der Waals surface area contributed by atoms with Gasteiger partial charge in [-0.05, 0) is 80.8 Å². The van der Waals surface area contributed by atoms with Crippen molar-refractivity contribution in [1.82, 2.24) is 10.2 Å². The van der Waals surface area contributed by atoms with Gasteiger partial charge in [0.1, 0.15) is 18.3 Å². The molecule has 0 aromatic heterocycles. The van der Waals surface area contributed by atoms with Gasteiger partial charge in [0.15, 0.2) is 0 Å². The molecule has 4 aromatic rings. The fourth-order valence-electron chi connectivity index (χ4n) is 5.10. The molecular formula is C36H40ClN3O5S. The second-order valence-electron chi connectivity index (χ2n) is 11.5. The van der Waals surface area contributed by atoms with Crippen LogP contribution in [0.15, 0.2) is 102 Å². The number of nitrogens with one attached hydrogen (secondary N) is 1. The van der Waals surface area contributed by atoms with Crippen LogP contribution in [-0.4, -0.2) is 50.9 Å². The summed E-state index contributed by atoms with van der Waals surface area (Å²) >= 11 is 6.36. The maximum atomic E-state index is 14.6. The molecule has 0 bridgehead atoms. The molecule has 0 radical (unpaired) electrons. The number of sulfonamides is 1. The van der Waals surface area contributed by atoms with E-state index in [2.05, 4.69) is 5.32 Å². The predicted molar refractivity (Wildman–Crippen MR) is 183 cm³/mol. The van der Waals surface area contributed by atoms with E-state index in [1.807, 2.05) is 57.2 Å². The van der Waals surface area contributed by atoms with Crippen LogP contribution < -0.4 is 14.4 Å². The Morgan fingerprint density at radius 1 is 0.870 bits per heavy atom. The Bertz CT molecular complexity index is 1760. The van der Waals surface area contributed by atoms with E-state index in [1.54, 1.807) is 56.5 Å². The molecule has 10 heteroatoms. The SMILES string of the molecule is COc1cccc(CN(C(=O)CN(c2cc(Cl)ccc2C)S(=O)(=O)c2ccc(C)cc2)[C@H](Cc2ccccc2)C(=O)NC(C)C)c1. The number of amides is 2. The Balaban J connectivity index is 1.84. The third kappa shape index (κ3) is 8.68. The van der Waals surface area contributed by atoms with Gasteiger partial charge in [-0.25, -0.2) is 8.42 Å². The first-order valence-corrected chi connectivity index (χ1v) is 16.8. The van der Waals surface area contributed by atoms with Gasteiger partial charge < -0.3 is 15.0 Å². The molecule has 4 rings (SSSR count). The number of hydrogen-bond acceptors (Lipinski definition) is 5. The molecule has 1 N–H and O–H groups in total. The molecule has 0 heterocycles. The zero-order valence-electron chi connectivity index (χ0n) is 26.7. The molecule has 0 aliphatic carbocycles. The fraction of sp³-hybridized carbons (Fsp3) is 0.278. The van der Waals surface area contributed by atoms with Gasteiger partial charge in [-0.2, -0.15) is 0 Å². The third-order valence-electron chi connectivity index (χ3n) is 7.52. The van der Waals surface area contributed by atoms with Crippen LogP contribution in [0.5, 0.6) is 5.75 Å². The largest absolute Gasteiger partial charge is 0.497 e. The third-order valence-corrected chi connectivity index (χ3v) is 9.53. The number of ether oxygens (including phenoxy) is 1. The summed E-state index contributed by atoms with van der Waals surface area (Å²) in [6, 6.07) is 26.9. The standard InChI is InChI=1S/C36H40ClN3O5S/c1-25(2)38-36(42)34(21-28-10-7-6-8-11-28)39(23-29-12-9-13-31(20-29)45-5)35(41)24-40(33-22-30(37)17-16-27(33)4)46(43,44)32-18-14-26(3)15-19-32/h6-20,22,25,34H,21,23-24H2,1-5H3,(H,38,42)/t34-/m1/s1. The van der Waals surface area contributed by atoms with Crippen LogP contribution in [0.1, 0.15) is 36.1 Å². The Hall–Kier alpha value is -4.34. The molecule has 46 heavy (non-hydrogen) atoms. The Labute approximate surface area is 277 Å². The summed E-state index contributed by atoms with van der Waals surface area (Å²) in [4.78, 5) is 29.9. The lowest BCUT2D eigenvalue weighted by molar-refractivity contribution is -0.140. The summed E-state index contributed by atoms with van der Waals surface area (Å²) in [6.07, 6.45) is 0.218. The number of aryl methyl sites for hydroxylation is 2. The smallest absolute Gasteiger partial charge is 0.264 e. The lowest BCUT2D eigenvalue weighted by Gasteiger charge is -2.34. The van der Waals surface area contributed by atoms with Crippen LogP contribution in [0.25, 0.3) is 0 Å². The number of anilines is 1. The number of halogens is 1. The van der Waals surface area contributed by atoms with E-state index in [1.165, 1.54) is 23.1 Å². The van der Waals surface area contributed by atoms with Crippen molar-refractivity contribution >= 4 is 39.1 Å². The average Bonchev–Trinajstić information content (AvgIpc) is 3.03. The van der Waals surface area contributed by atoms with Crippen molar-refractivity contribution in [2.75, 3.05) is 18.0 Å². The summed E-state index contributed by atoms with van der Waals surface area (Å²) in [5.41, 5.74) is 3.35. The Morgan fingerprint density at radius 3 is 2.20 bits per heavy atom. The zero-order chi connectivity index (χ0) is 33.4. The quantitative estimate of drug-likeness (QED) is 0.181. The minimum absolute atomic E-state index is 0.0306. The molecule has 0 fully saturated rings. The second kappa shape index (κ2) is 15.3. The highest BCUT2D eigenvalue weighted by Gasteiger charge is 2.35. The summed E-state index contributed by atoms with van der Waals surface area (Å²) in [5, 5.41) is 3.29. The van der Waals surface area contributed by atoms with Crippen molar-refractivity contribution in [3.8, 4) is 5.75 Å². The van der Waals surface area contributed by atoms with Gasteiger partial charge in [-0.3, -0.25) is 13.9 Å². The van der Waals surface area contributed by atoms with Crippen LogP contribution in [0.2, 0.25) is 5.02 Å². The topological polar surface area (TPSA) is 96.0 Å². The zero-order valence-corrected chi connectivity index (χ0v) is 28.3. The minimum Gasteiger partial charge on any atom is -0.497 e. The van der Waals surface area contributed by atoms with Crippen molar-refractivity contribution in [3.05, 3.63) is 124 Å². The number of carbonyl (C=O) groups is 2. The molecule has 0 saturated heterocycles. The first-order valence-electron chi connectivity index (χ1n) is 15.0. The summed E-state index contributed by atoms with van der Waals surface area (Å²) < 4.78 is 35.0. The molecule has 1 atom stereocenters. The van der Waals surface area contributed by atoms with Crippen LogP contribution in [-0.2, 0) is 32.6 Å². The van der Waals surface area contributed by atoms with Crippen LogP contribution in [0.3, 0.4) is 0 Å². The Kier molecular flexibility index (Phi) is 11.5. The molecule has 0 spiro atoms. The first kappa shape index (κ1) is 34.5. The van der Waals surface area contributed by atoms with E-state index in [0.29, 0.717) is 16.3 Å². The maximum absolute atomic E-state index is 14.6. The molecule has 0 aliphatic heterocycles. The molecule has 0 saturated carbocycles. The molecule has 8 nitrogen and oxygen atoms in total. The number of rotatable bonds is 13. The number of hydrogen-bond donors (Lipinski definition) is 1.